The molecular formula is C27H31N6O2+. The number of amides is 2. The molecule has 2 amide bonds. The third-order valence-electron chi connectivity index (χ3n) is 6.96. The summed E-state index contributed by atoms with van der Waals surface area (Å²) >= 11 is 0. The maximum absolute atomic E-state index is 13.6. The fourth-order valence-electron chi connectivity index (χ4n) is 4.67. The molecule has 1 unspecified atom stereocenters. The van der Waals surface area contributed by atoms with Crippen molar-refractivity contribution >= 4 is 11.8 Å². The molecular weight excluding hydrogens is 440 g/mol. The van der Waals surface area contributed by atoms with Gasteiger partial charge in [0.25, 0.3) is 5.91 Å². The van der Waals surface area contributed by atoms with Crippen molar-refractivity contribution in [3.8, 4) is 5.69 Å². The van der Waals surface area contributed by atoms with Gasteiger partial charge in [-0.15, -0.1) is 6.58 Å². The number of nitrogens with zero attached hydrogens (tertiary/aromatic N) is 6. The summed E-state index contributed by atoms with van der Waals surface area (Å²) in [7, 11) is 1.82. The lowest BCUT2D eigenvalue weighted by atomic mass is 9.95. The van der Waals surface area contributed by atoms with Crippen LogP contribution in [0.3, 0.4) is 0 Å². The molecule has 8 heteroatoms. The molecule has 1 aliphatic heterocycles. The van der Waals surface area contributed by atoms with E-state index in [0.717, 1.165) is 29.8 Å². The summed E-state index contributed by atoms with van der Waals surface area (Å²) in [6.07, 6.45) is 5.82. The van der Waals surface area contributed by atoms with Gasteiger partial charge in [-0.05, 0) is 56.5 Å². The Balaban J connectivity index is 1.36. The molecule has 2 aliphatic rings. The quantitative estimate of drug-likeness (QED) is 0.424. The van der Waals surface area contributed by atoms with E-state index >= 15 is 0 Å². The molecule has 1 aromatic carbocycles. The Hall–Kier alpha value is -3.81. The Morgan fingerprint density at radius 3 is 2.63 bits per heavy atom. The highest BCUT2D eigenvalue weighted by molar-refractivity contribution is 5.93. The van der Waals surface area contributed by atoms with Crippen LogP contribution in [0, 0.1) is 6.92 Å². The van der Waals surface area contributed by atoms with Crippen LogP contribution in [0.25, 0.3) is 5.69 Å². The van der Waals surface area contributed by atoms with Crippen LogP contribution in [0.1, 0.15) is 58.0 Å². The minimum Gasteiger partial charge on any atom is -0.333 e. The molecule has 0 spiro atoms. The minimum atomic E-state index is -0.737. The number of aromatic nitrogens is 4. The predicted octanol–water partition coefficient (Wildman–Crippen LogP) is 2.82. The third-order valence-corrected chi connectivity index (χ3v) is 6.96. The van der Waals surface area contributed by atoms with Gasteiger partial charge in [-0.1, -0.05) is 29.0 Å². The van der Waals surface area contributed by atoms with E-state index in [9.17, 15) is 9.59 Å². The average molecular weight is 472 g/mol. The number of benzene rings is 1. The van der Waals surface area contributed by atoms with Gasteiger partial charge in [0, 0.05) is 31.2 Å². The molecule has 1 atom stereocenters. The topological polar surface area (TPSA) is 75.2 Å². The highest BCUT2D eigenvalue weighted by atomic mass is 16.2. The van der Waals surface area contributed by atoms with E-state index in [4.69, 9.17) is 0 Å². The van der Waals surface area contributed by atoms with Crippen molar-refractivity contribution in [3.63, 3.8) is 0 Å². The Kier molecular flexibility index (Phi) is 5.75. The SMILES string of the molecule is C=CC1(C)CN(C(=O)c2cccc(C3CC3)n2)CCN1C(=O)c1nn(-c2cccc(C)c2)c[n+]1C. The molecule has 180 valence electrons. The second-order valence-corrected chi connectivity index (χ2v) is 9.80. The lowest BCUT2D eigenvalue weighted by molar-refractivity contribution is -0.674. The van der Waals surface area contributed by atoms with Gasteiger partial charge in [0.15, 0.2) is 0 Å². The van der Waals surface area contributed by atoms with Crippen molar-refractivity contribution in [2.24, 2.45) is 7.05 Å². The van der Waals surface area contributed by atoms with E-state index in [-0.39, 0.29) is 11.8 Å². The third kappa shape index (κ3) is 4.36. The van der Waals surface area contributed by atoms with Crippen molar-refractivity contribution in [1.29, 1.82) is 0 Å². The number of pyridine rings is 1. The first-order valence-electron chi connectivity index (χ1n) is 12.0. The number of carbonyl (C=O) groups excluding carboxylic acids is 2. The average Bonchev–Trinajstić information content (AvgIpc) is 3.64. The Morgan fingerprint density at radius 2 is 1.91 bits per heavy atom. The molecule has 8 nitrogen and oxygen atoms in total. The van der Waals surface area contributed by atoms with Gasteiger partial charge < -0.3 is 9.80 Å². The zero-order valence-corrected chi connectivity index (χ0v) is 20.5. The molecule has 1 aliphatic carbocycles. The molecule has 2 aromatic heterocycles. The molecule has 1 saturated heterocycles. The summed E-state index contributed by atoms with van der Waals surface area (Å²) in [5, 5.41) is 4.59. The normalized spacial score (nSPS) is 20.1. The molecule has 1 saturated carbocycles. The number of hydrogen-bond donors (Lipinski definition) is 0. The van der Waals surface area contributed by atoms with Gasteiger partial charge in [-0.3, -0.25) is 9.59 Å². The van der Waals surface area contributed by atoms with Crippen molar-refractivity contribution < 1.29 is 14.2 Å². The summed E-state index contributed by atoms with van der Waals surface area (Å²) in [5.41, 5.74) is 2.73. The van der Waals surface area contributed by atoms with Crippen LogP contribution in [0.15, 0.2) is 61.4 Å². The van der Waals surface area contributed by atoms with Crippen molar-refractivity contribution in [2.45, 2.75) is 38.1 Å². The second kappa shape index (κ2) is 8.76. The Bertz CT molecular complexity index is 1310. The molecule has 2 fully saturated rings. The van der Waals surface area contributed by atoms with E-state index in [1.165, 1.54) is 0 Å². The van der Waals surface area contributed by atoms with Gasteiger partial charge >= 0.3 is 11.7 Å². The summed E-state index contributed by atoms with van der Waals surface area (Å²) in [4.78, 5) is 35.1. The molecule has 3 aromatic rings. The molecule has 0 bridgehead atoms. The first-order valence-corrected chi connectivity index (χ1v) is 12.0. The lowest BCUT2D eigenvalue weighted by Crippen LogP contribution is -2.63. The Morgan fingerprint density at radius 1 is 1.14 bits per heavy atom. The molecule has 0 radical (unpaired) electrons. The van der Waals surface area contributed by atoms with Crippen LogP contribution >= 0.6 is 0 Å². The Labute approximate surface area is 205 Å². The number of carbonyl (C=O) groups is 2. The highest BCUT2D eigenvalue weighted by Crippen LogP contribution is 2.39. The van der Waals surface area contributed by atoms with Gasteiger partial charge in [0.05, 0.1) is 17.7 Å². The van der Waals surface area contributed by atoms with Crippen LogP contribution < -0.4 is 4.57 Å². The number of aryl methyl sites for hydroxylation is 2. The lowest BCUT2D eigenvalue weighted by Gasteiger charge is -2.46. The monoisotopic (exact) mass is 471 g/mol. The smallest absolute Gasteiger partial charge is 0.333 e. The predicted molar refractivity (Wildman–Crippen MR) is 131 cm³/mol. The first kappa shape index (κ1) is 23.0. The first-order chi connectivity index (χ1) is 16.8. The summed E-state index contributed by atoms with van der Waals surface area (Å²) in [6.45, 7) is 9.10. The number of piperazine rings is 1. The van der Waals surface area contributed by atoms with E-state index in [0.29, 0.717) is 37.1 Å². The molecule has 3 heterocycles. The summed E-state index contributed by atoms with van der Waals surface area (Å²) < 4.78 is 3.45. The fraction of sp³-hybridized carbons (Fsp3) is 0.370. The summed E-state index contributed by atoms with van der Waals surface area (Å²) in [5.74, 6) is 0.512. The van der Waals surface area contributed by atoms with Crippen molar-refractivity contribution in [1.82, 2.24) is 24.6 Å². The maximum atomic E-state index is 13.6. The van der Waals surface area contributed by atoms with E-state index < -0.39 is 5.54 Å². The van der Waals surface area contributed by atoms with Gasteiger partial charge in [-0.2, -0.15) is 0 Å². The van der Waals surface area contributed by atoms with E-state index in [2.05, 4.69) is 16.7 Å². The largest absolute Gasteiger partial charge is 0.367 e. The van der Waals surface area contributed by atoms with Gasteiger partial charge in [0.1, 0.15) is 11.4 Å². The van der Waals surface area contributed by atoms with Gasteiger partial charge in [0.2, 0.25) is 6.33 Å². The number of hydrogen-bond acceptors (Lipinski definition) is 4. The zero-order valence-electron chi connectivity index (χ0n) is 20.5. The highest BCUT2D eigenvalue weighted by Gasteiger charge is 2.43. The molecule has 35 heavy (non-hydrogen) atoms. The van der Waals surface area contributed by atoms with Crippen LogP contribution in [0.4, 0.5) is 0 Å². The van der Waals surface area contributed by atoms with Gasteiger partial charge in [-0.25, -0.2) is 9.55 Å². The zero-order chi connectivity index (χ0) is 24.7. The van der Waals surface area contributed by atoms with Crippen LogP contribution in [-0.2, 0) is 7.05 Å². The fourth-order valence-corrected chi connectivity index (χ4v) is 4.67. The molecule has 0 N–H and O–H groups in total. The van der Waals surface area contributed by atoms with Crippen LogP contribution in [-0.4, -0.2) is 61.6 Å². The molecule has 5 rings (SSSR count). The van der Waals surface area contributed by atoms with Crippen molar-refractivity contribution in [3.05, 3.63) is 84.2 Å². The van der Waals surface area contributed by atoms with Crippen LogP contribution in [0.5, 0.6) is 0 Å². The maximum Gasteiger partial charge on any atom is 0.367 e. The second-order valence-electron chi connectivity index (χ2n) is 9.80. The standard InChI is InChI=1S/C27H31N6O2/c1-5-27(3)17-31(25(34)23-11-7-10-22(28-23)20-12-13-20)14-15-32(27)26(35)24-29-33(18-30(24)4)21-9-6-8-19(2)16-21/h5-11,16,18,20H,1,12-15,17H2,2-4H3/q+1. The van der Waals surface area contributed by atoms with Crippen molar-refractivity contribution in [2.75, 3.05) is 19.6 Å². The van der Waals surface area contributed by atoms with Crippen LogP contribution in [0.2, 0.25) is 0 Å². The number of rotatable bonds is 5. The van der Waals surface area contributed by atoms with E-state index in [1.54, 1.807) is 37.5 Å². The van der Waals surface area contributed by atoms with E-state index in [1.807, 2.05) is 57.3 Å². The minimum absolute atomic E-state index is 0.109. The summed E-state index contributed by atoms with van der Waals surface area (Å²) in [6, 6.07) is 13.6.